The molecule has 0 aliphatic carbocycles. The molecule has 0 bridgehead atoms. The van der Waals surface area contributed by atoms with Gasteiger partial charge in [-0.25, -0.2) is 0 Å². The molecule has 0 spiro atoms. The van der Waals surface area contributed by atoms with Crippen LogP contribution in [0.4, 0.5) is 0 Å². The Labute approximate surface area is 299 Å². The van der Waals surface area contributed by atoms with E-state index >= 15 is 0 Å². The van der Waals surface area contributed by atoms with Crippen LogP contribution in [0, 0.1) is 0 Å². The van der Waals surface area contributed by atoms with Crippen LogP contribution in [0.15, 0.2) is 182 Å². The van der Waals surface area contributed by atoms with E-state index in [1.54, 1.807) is 0 Å². The van der Waals surface area contributed by atoms with Gasteiger partial charge in [0.2, 0.25) is 0 Å². The minimum absolute atomic E-state index is 1.23. The third-order valence-electron chi connectivity index (χ3n) is 9.90. The van der Waals surface area contributed by atoms with Crippen LogP contribution in [-0.4, -0.2) is 0 Å². The molecule has 0 nitrogen and oxygen atoms in total. The Bertz CT molecular complexity index is 2850. The molecule has 50 heavy (non-hydrogen) atoms. The summed E-state index contributed by atoms with van der Waals surface area (Å²) in [5, 5.41) is 5.30. The van der Waals surface area contributed by atoms with Gasteiger partial charge in [0.15, 0.2) is 0 Å². The van der Waals surface area contributed by atoms with Gasteiger partial charge in [0, 0.05) is 40.3 Å². The van der Waals surface area contributed by atoms with Gasteiger partial charge < -0.3 is 0 Å². The fourth-order valence-electron chi connectivity index (χ4n) is 7.34. The van der Waals surface area contributed by atoms with Crippen molar-refractivity contribution in [3.05, 3.63) is 182 Å². The first kappa shape index (κ1) is 29.1. The van der Waals surface area contributed by atoms with Crippen LogP contribution >= 0.6 is 22.7 Å². The van der Waals surface area contributed by atoms with Crippen LogP contribution in [0.1, 0.15) is 0 Å². The van der Waals surface area contributed by atoms with Crippen molar-refractivity contribution in [1.82, 2.24) is 0 Å². The van der Waals surface area contributed by atoms with E-state index in [9.17, 15) is 0 Å². The maximum absolute atomic E-state index is 2.38. The summed E-state index contributed by atoms with van der Waals surface area (Å²) < 4.78 is 5.33. The Balaban J connectivity index is 1.00. The van der Waals surface area contributed by atoms with E-state index in [4.69, 9.17) is 0 Å². The van der Waals surface area contributed by atoms with Crippen molar-refractivity contribution in [1.29, 1.82) is 0 Å². The lowest BCUT2D eigenvalue weighted by molar-refractivity contribution is 1.58. The maximum Gasteiger partial charge on any atom is 0.0433 e. The van der Waals surface area contributed by atoms with Crippen molar-refractivity contribution in [3.8, 4) is 55.6 Å². The molecule has 0 saturated heterocycles. The lowest BCUT2D eigenvalue weighted by atomic mass is 9.95. The summed E-state index contributed by atoms with van der Waals surface area (Å²) in [7, 11) is 0. The average Bonchev–Trinajstić information content (AvgIpc) is 3.76. The van der Waals surface area contributed by atoms with Gasteiger partial charge in [-0.15, -0.1) is 22.7 Å². The van der Waals surface area contributed by atoms with Crippen molar-refractivity contribution in [2.75, 3.05) is 0 Å². The SMILES string of the molecule is c1ccc(-c2ccc(-c3cccc(-c4ccc5sc6c(-c7cccc(-c8ccc9sc%10ccccc%10c9c8)c7)cccc6c5c4)c3)cc2)cc1. The fraction of sp³-hybridized carbons (Fsp3) is 0. The van der Waals surface area contributed by atoms with Gasteiger partial charge in [-0.3, -0.25) is 0 Å². The third-order valence-corrected chi connectivity index (χ3v) is 12.3. The zero-order chi connectivity index (χ0) is 33.0. The van der Waals surface area contributed by atoms with Crippen LogP contribution in [0.2, 0.25) is 0 Å². The molecule has 2 heteroatoms. The van der Waals surface area contributed by atoms with Gasteiger partial charge in [0.1, 0.15) is 0 Å². The van der Waals surface area contributed by atoms with Crippen molar-refractivity contribution in [2.24, 2.45) is 0 Å². The van der Waals surface area contributed by atoms with Crippen LogP contribution in [0.3, 0.4) is 0 Å². The molecule has 0 N–H and O–H groups in total. The summed E-state index contributed by atoms with van der Waals surface area (Å²) >= 11 is 3.76. The fourth-order valence-corrected chi connectivity index (χ4v) is 9.65. The number of benzene rings is 8. The lowest BCUT2D eigenvalue weighted by Crippen LogP contribution is -1.83. The van der Waals surface area contributed by atoms with Crippen molar-refractivity contribution in [3.63, 3.8) is 0 Å². The second-order valence-electron chi connectivity index (χ2n) is 12.9. The van der Waals surface area contributed by atoms with Crippen LogP contribution in [0.25, 0.3) is 96.0 Å². The molecular weight excluding hydrogens is 641 g/mol. The van der Waals surface area contributed by atoms with E-state index in [-0.39, 0.29) is 0 Å². The minimum atomic E-state index is 1.23. The Kier molecular flexibility index (Phi) is 6.97. The molecule has 0 saturated carbocycles. The van der Waals surface area contributed by atoms with Gasteiger partial charge >= 0.3 is 0 Å². The van der Waals surface area contributed by atoms with Crippen molar-refractivity contribution < 1.29 is 0 Å². The summed E-state index contributed by atoms with van der Waals surface area (Å²) in [6, 6.07) is 66.8. The zero-order valence-corrected chi connectivity index (χ0v) is 28.8. The summed E-state index contributed by atoms with van der Waals surface area (Å²) in [6.07, 6.45) is 0. The normalized spacial score (nSPS) is 11.6. The predicted octanol–water partition coefficient (Wildman–Crippen LogP) is 14.8. The van der Waals surface area contributed by atoms with Gasteiger partial charge in [-0.05, 0) is 98.1 Å². The van der Waals surface area contributed by atoms with Gasteiger partial charge in [0.25, 0.3) is 0 Å². The Hall–Kier alpha value is -5.80. The van der Waals surface area contributed by atoms with E-state index in [1.807, 2.05) is 22.7 Å². The summed E-state index contributed by atoms with van der Waals surface area (Å²) in [4.78, 5) is 0. The standard InChI is InChI=1S/C48H30S2/c1-2-9-31(10-3-1)32-19-21-33(22-20-32)34-11-6-12-35(27-34)38-24-26-47-44(30-38)42-17-8-16-40(48(42)50-47)39-14-7-13-36(28-39)37-23-25-46-43(29-37)41-15-4-5-18-45(41)49-46/h1-30H. The van der Waals surface area contributed by atoms with E-state index in [1.165, 1.54) is 96.0 Å². The Morgan fingerprint density at radius 1 is 0.240 bits per heavy atom. The molecule has 234 valence electrons. The van der Waals surface area contributed by atoms with Gasteiger partial charge in [-0.2, -0.15) is 0 Å². The number of hydrogen-bond donors (Lipinski definition) is 0. The number of fused-ring (bicyclic) bond motifs is 6. The molecule has 2 heterocycles. The number of hydrogen-bond acceptors (Lipinski definition) is 2. The topological polar surface area (TPSA) is 0 Å². The first-order valence-electron chi connectivity index (χ1n) is 17.0. The molecule has 10 aromatic rings. The van der Waals surface area contributed by atoms with E-state index in [0.717, 1.165) is 0 Å². The molecule has 0 atom stereocenters. The number of rotatable bonds is 5. The van der Waals surface area contributed by atoms with E-state index in [0.29, 0.717) is 0 Å². The molecule has 0 unspecified atom stereocenters. The largest absolute Gasteiger partial charge is 0.135 e. The zero-order valence-electron chi connectivity index (χ0n) is 27.1. The average molecular weight is 671 g/mol. The Morgan fingerprint density at radius 2 is 0.680 bits per heavy atom. The highest BCUT2D eigenvalue weighted by molar-refractivity contribution is 7.26. The maximum atomic E-state index is 2.38. The van der Waals surface area contributed by atoms with Gasteiger partial charge in [0.05, 0.1) is 0 Å². The minimum Gasteiger partial charge on any atom is -0.135 e. The molecule has 0 amide bonds. The summed E-state index contributed by atoms with van der Waals surface area (Å²) in [6.45, 7) is 0. The quantitative estimate of drug-likeness (QED) is 0.171. The Morgan fingerprint density at radius 3 is 1.42 bits per heavy atom. The summed E-state index contributed by atoms with van der Waals surface area (Å²) in [5.41, 5.74) is 12.4. The second kappa shape index (κ2) is 12.0. The molecule has 10 rings (SSSR count). The highest BCUT2D eigenvalue weighted by atomic mass is 32.1. The molecular formula is C48H30S2. The first-order chi connectivity index (χ1) is 24.7. The molecule has 8 aromatic carbocycles. The first-order valence-corrected chi connectivity index (χ1v) is 18.6. The number of thiophene rings is 2. The predicted molar refractivity (Wildman–Crippen MR) is 219 cm³/mol. The van der Waals surface area contributed by atoms with Crippen LogP contribution in [-0.2, 0) is 0 Å². The highest BCUT2D eigenvalue weighted by Gasteiger charge is 2.14. The molecule has 0 aliphatic heterocycles. The third kappa shape index (κ3) is 5.04. The highest BCUT2D eigenvalue weighted by Crippen LogP contribution is 2.43. The lowest BCUT2D eigenvalue weighted by Gasteiger charge is -2.09. The van der Waals surface area contributed by atoms with Gasteiger partial charge in [-0.1, -0.05) is 140 Å². The summed E-state index contributed by atoms with van der Waals surface area (Å²) in [5.74, 6) is 0. The van der Waals surface area contributed by atoms with Crippen molar-refractivity contribution >= 4 is 63.0 Å². The van der Waals surface area contributed by atoms with Crippen LogP contribution < -0.4 is 0 Å². The molecule has 2 aromatic heterocycles. The second-order valence-corrected chi connectivity index (χ2v) is 15.0. The molecule has 0 radical (unpaired) electrons. The van der Waals surface area contributed by atoms with Crippen LogP contribution in [0.5, 0.6) is 0 Å². The smallest absolute Gasteiger partial charge is 0.0433 e. The van der Waals surface area contributed by atoms with E-state index in [2.05, 4.69) is 182 Å². The molecule has 0 fully saturated rings. The van der Waals surface area contributed by atoms with Crippen molar-refractivity contribution in [2.45, 2.75) is 0 Å². The molecule has 0 aliphatic rings. The monoisotopic (exact) mass is 670 g/mol. The van der Waals surface area contributed by atoms with E-state index < -0.39 is 0 Å².